The zero-order valence-corrected chi connectivity index (χ0v) is 11.2. The average molecular weight is 264 g/mol. The van der Waals surface area contributed by atoms with Gasteiger partial charge in [0.05, 0.1) is 11.5 Å². The van der Waals surface area contributed by atoms with Gasteiger partial charge in [-0.05, 0) is 25.1 Å². The Morgan fingerprint density at radius 2 is 2.12 bits per heavy atom. The van der Waals surface area contributed by atoms with Gasteiger partial charge >= 0.3 is 0 Å². The van der Waals surface area contributed by atoms with Crippen molar-refractivity contribution in [1.82, 2.24) is 4.90 Å². The zero-order valence-electron chi connectivity index (χ0n) is 9.52. The number of hydrogen-bond donors (Lipinski definition) is 1. The van der Waals surface area contributed by atoms with E-state index in [1.54, 1.807) is 0 Å². The lowest BCUT2D eigenvalue weighted by Gasteiger charge is -2.38. The Bertz CT molecular complexity index is 337. The summed E-state index contributed by atoms with van der Waals surface area (Å²) in [6.07, 6.45) is 1.86. The lowest BCUT2D eigenvalue weighted by Crippen LogP contribution is -2.55. The van der Waals surface area contributed by atoms with E-state index in [1.165, 1.54) is 5.75 Å². The molecule has 0 aromatic carbocycles. The predicted molar refractivity (Wildman–Crippen MR) is 68.6 cm³/mol. The van der Waals surface area contributed by atoms with Crippen LogP contribution in [-0.4, -0.2) is 61.5 Å². The smallest absolute Gasteiger partial charge is 0.152 e. The van der Waals surface area contributed by atoms with Gasteiger partial charge in [0.1, 0.15) is 0 Å². The molecule has 2 fully saturated rings. The standard InChI is InChI=1S/C10H20N2O2S2/c11-8-10(2-7-16(13,14)9-10)12-3-1-5-15-6-4-12/h1-9,11H2. The molecule has 94 valence electrons. The lowest BCUT2D eigenvalue weighted by molar-refractivity contribution is 0.127. The van der Waals surface area contributed by atoms with E-state index in [0.717, 1.165) is 31.7 Å². The minimum Gasteiger partial charge on any atom is -0.329 e. The average Bonchev–Trinajstić information content (AvgIpc) is 2.47. The molecular weight excluding hydrogens is 244 g/mol. The molecule has 0 aromatic heterocycles. The van der Waals surface area contributed by atoms with Gasteiger partial charge in [0, 0.05) is 24.4 Å². The number of hydrogen-bond acceptors (Lipinski definition) is 5. The van der Waals surface area contributed by atoms with Gasteiger partial charge in [-0.3, -0.25) is 4.90 Å². The van der Waals surface area contributed by atoms with Crippen molar-refractivity contribution in [2.75, 3.05) is 42.6 Å². The van der Waals surface area contributed by atoms with Gasteiger partial charge in [-0.25, -0.2) is 8.42 Å². The van der Waals surface area contributed by atoms with Crippen LogP contribution < -0.4 is 5.73 Å². The van der Waals surface area contributed by atoms with E-state index in [1.807, 2.05) is 11.8 Å². The molecule has 0 spiro atoms. The van der Waals surface area contributed by atoms with Crippen LogP contribution >= 0.6 is 11.8 Å². The Hall–Kier alpha value is 0.220. The number of sulfone groups is 1. The van der Waals surface area contributed by atoms with Crippen LogP contribution in [0.25, 0.3) is 0 Å². The predicted octanol–water partition coefficient (Wildman–Crippen LogP) is -0.0587. The van der Waals surface area contributed by atoms with Crippen LogP contribution in [0.4, 0.5) is 0 Å². The van der Waals surface area contributed by atoms with Crippen molar-refractivity contribution in [3.8, 4) is 0 Å². The van der Waals surface area contributed by atoms with Crippen molar-refractivity contribution < 1.29 is 8.42 Å². The summed E-state index contributed by atoms with van der Waals surface area (Å²) >= 11 is 1.96. The molecule has 16 heavy (non-hydrogen) atoms. The Morgan fingerprint density at radius 3 is 2.75 bits per heavy atom. The third-order valence-electron chi connectivity index (χ3n) is 3.64. The number of nitrogens with zero attached hydrogens (tertiary/aromatic N) is 1. The summed E-state index contributed by atoms with van der Waals surface area (Å²) in [6, 6.07) is 0. The molecule has 0 bridgehead atoms. The second-order valence-corrected chi connectivity index (χ2v) is 8.13. The molecule has 2 aliphatic heterocycles. The van der Waals surface area contributed by atoms with Crippen LogP contribution in [0.15, 0.2) is 0 Å². The van der Waals surface area contributed by atoms with Gasteiger partial charge < -0.3 is 5.73 Å². The number of nitrogens with two attached hydrogens (primary N) is 1. The van der Waals surface area contributed by atoms with Gasteiger partial charge in [-0.15, -0.1) is 0 Å². The number of rotatable bonds is 2. The second kappa shape index (κ2) is 4.84. The van der Waals surface area contributed by atoms with Crippen LogP contribution in [0.5, 0.6) is 0 Å². The highest BCUT2D eigenvalue weighted by atomic mass is 32.2. The van der Waals surface area contributed by atoms with Crippen LogP contribution in [0, 0.1) is 0 Å². The molecule has 2 rings (SSSR count). The minimum atomic E-state index is -2.86. The monoisotopic (exact) mass is 264 g/mol. The van der Waals surface area contributed by atoms with E-state index in [9.17, 15) is 8.42 Å². The summed E-state index contributed by atoms with van der Waals surface area (Å²) in [5, 5.41) is 0. The number of thioether (sulfide) groups is 1. The fourth-order valence-electron chi connectivity index (χ4n) is 2.66. The topological polar surface area (TPSA) is 63.4 Å². The van der Waals surface area contributed by atoms with Crippen molar-refractivity contribution >= 4 is 21.6 Å². The second-order valence-electron chi connectivity index (χ2n) is 4.72. The fraction of sp³-hybridized carbons (Fsp3) is 1.00. The molecule has 0 aromatic rings. The molecule has 2 heterocycles. The van der Waals surface area contributed by atoms with Gasteiger partial charge in [-0.1, -0.05) is 0 Å². The summed E-state index contributed by atoms with van der Waals surface area (Å²) in [4.78, 5) is 2.33. The molecule has 6 heteroatoms. The van der Waals surface area contributed by atoms with Crippen LogP contribution in [0.2, 0.25) is 0 Å². The van der Waals surface area contributed by atoms with Gasteiger partial charge in [0.25, 0.3) is 0 Å². The minimum absolute atomic E-state index is 0.260. The van der Waals surface area contributed by atoms with Gasteiger partial charge in [0.2, 0.25) is 0 Å². The molecule has 1 atom stereocenters. The van der Waals surface area contributed by atoms with E-state index in [2.05, 4.69) is 4.90 Å². The molecule has 2 aliphatic rings. The van der Waals surface area contributed by atoms with Crippen LogP contribution in [0.3, 0.4) is 0 Å². The van der Waals surface area contributed by atoms with E-state index in [-0.39, 0.29) is 11.3 Å². The summed E-state index contributed by atoms with van der Waals surface area (Å²) in [5.74, 6) is 2.86. The van der Waals surface area contributed by atoms with E-state index in [0.29, 0.717) is 12.3 Å². The maximum atomic E-state index is 11.6. The highest BCUT2D eigenvalue weighted by Crippen LogP contribution is 2.30. The van der Waals surface area contributed by atoms with Crippen molar-refractivity contribution in [3.63, 3.8) is 0 Å². The first-order valence-electron chi connectivity index (χ1n) is 5.81. The fourth-order valence-corrected chi connectivity index (χ4v) is 5.64. The zero-order chi connectivity index (χ0) is 11.6. The van der Waals surface area contributed by atoms with E-state index >= 15 is 0 Å². The van der Waals surface area contributed by atoms with Crippen LogP contribution in [-0.2, 0) is 9.84 Å². The molecule has 1 unspecified atom stereocenters. The van der Waals surface area contributed by atoms with E-state index in [4.69, 9.17) is 5.73 Å². The molecule has 0 saturated carbocycles. The van der Waals surface area contributed by atoms with Crippen molar-refractivity contribution in [1.29, 1.82) is 0 Å². The Kier molecular flexibility index (Phi) is 3.83. The molecule has 4 nitrogen and oxygen atoms in total. The molecule has 2 saturated heterocycles. The Balaban J connectivity index is 2.14. The molecular formula is C10H20N2O2S2. The Labute approximate surface area is 102 Å². The molecule has 0 radical (unpaired) electrons. The third-order valence-corrected chi connectivity index (χ3v) is 6.49. The molecule has 0 aliphatic carbocycles. The van der Waals surface area contributed by atoms with Crippen LogP contribution in [0.1, 0.15) is 12.8 Å². The van der Waals surface area contributed by atoms with Crippen molar-refractivity contribution in [2.24, 2.45) is 5.73 Å². The quantitative estimate of drug-likeness (QED) is 0.757. The highest BCUT2D eigenvalue weighted by molar-refractivity contribution is 7.99. The van der Waals surface area contributed by atoms with Gasteiger partial charge in [-0.2, -0.15) is 11.8 Å². The first kappa shape index (κ1) is 12.7. The maximum Gasteiger partial charge on any atom is 0.152 e. The van der Waals surface area contributed by atoms with Crippen molar-refractivity contribution in [2.45, 2.75) is 18.4 Å². The Morgan fingerprint density at radius 1 is 1.31 bits per heavy atom. The first-order valence-corrected chi connectivity index (χ1v) is 8.79. The summed E-state index contributed by atoms with van der Waals surface area (Å²) in [5.41, 5.74) is 5.60. The SMILES string of the molecule is NCC1(N2CCCSCC2)CCS(=O)(=O)C1. The van der Waals surface area contributed by atoms with Crippen molar-refractivity contribution in [3.05, 3.63) is 0 Å². The molecule has 2 N–H and O–H groups in total. The normalized spacial score (nSPS) is 36.1. The lowest BCUT2D eigenvalue weighted by atomic mass is 9.96. The summed E-state index contributed by atoms with van der Waals surface area (Å²) < 4.78 is 23.3. The van der Waals surface area contributed by atoms with Gasteiger partial charge in [0.15, 0.2) is 9.84 Å². The maximum absolute atomic E-state index is 11.6. The summed E-state index contributed by atoms with van der Waals surface area (Å²) in [7, 11) is -2.86. The summed E-state index contributed by atoms with van der Waals surface area (Å²) in [6.45, 7) is 2.45. The molecule has 0 amide bonds. The third kappa shape index (κ3) is 2.55. The highest BCUT2D eigenvalue weighted by Gasteiger charge is 2.45. The first-order chi connectivity index (χ1) is 7.58. The van der Waals surface area contributed by atoms with E-state index < -0.39 is 9.84 Å². The largest absolute Gasteiger partial charge is 0.329 e.